The Morgan fingerprint density at radius 1 is 1.17 bits per heavy atom. The zero-order valence-electron chi connectivity index (χ0n) is 15.0. The second kappa shape index (κ2) is 8.23. The molecule has 0 aliphatic rings. The number of halogens is 4. The molecule has 10 heteroatoms. The quantitative estimate of drug-likeness (QED) is 0.291. The van der Waals surface area contributed by atoms with Crippen LogP contribution in [-0.4, -0.2) is 20.5 Å². The van der Waals surface area contributed by atoms with Crippen LogP contribution in [0, 0.1) is 3.57 Å². The number of carbonyl (C=O) groups is 1. The minimum atomic E-state index is -4.55. The second-order valence-corrected chi connectivity index (χ2v) is 10.5. The third kappa shape index (κ3) is 4.43. The smallest absolute Gasteiger partial charge is 0.298 e. The van der Waals surface area contributed by atoms with Crippen molar-refractivity contribution >= 4 is 65.3 Å². The molecule has 0 aliphatic heterocycles. The van der Waals surface area contributed by atoms with E-state index in [4.69, 9.17) is 0 Å². The van der Waals surface area contributed by atoms with Crippen LogP contribution in [0.3, 0.4) is 0 Å². The number of fused-ring (bicyclic) bond motifs is 1. The molecule has 0 radical (unpaired) electrons. The van der Waals surface area contributed by atoms with Gasteiger partial charge in [0.05, 0.1) is 23.4 Å². The highest BCUT2D eigenvalue weighted by Crippen LogP contribution is 2.40. The number of thiophene rings is 1. The Balaban J connectivity index is 2.16. The van der Waals surface area contributed by atoms with Crippen LogP contribution in [0.1, 0.15) is 28.4 Å². The first-order valence-corrected chi connectivity index (χ1v) is 11.9. The molecular weight excluding hydrogens is 538 g/mol. The van der Waals surface area contributed by atoms with Gasteiger partial charge in [-0.05, 0) is 53.3 Å². The molecule has 154 valence electrons. The Bertz CT molecular complexity index is 1170. The summed E-state index contributed by atoms with van der Waals surface area (Å²) in [7, 11) is -3.85. The fourth-order valence-electron chi connectivity index (χ4n) is 2.86. The van der Waals surface area contributed by atoms with Gasteiger partial charge in [0.1, 0.15) is 5.00 Å². The molecule has 0 unspecified atom stereocenters. The van der Waals surface area contributed by atoms with E-state index in [0.29, 0.717) is 11.7 Å². The van der Waals surface area contributed by atoms with Gasteiger partial charge in [-0.2, -0.15) is 13.2 Å². The highest BCUT2D eigenvalue weighted by molar-refractivity contribution is 14.1. The average Bonchev–Trinajstić information content (AvgIpc) is 3.04. The number of carbonyl (C=O) groups excluding carboxylic acids is 1. The number of nitrogens with zero attached hydrogens (tertiary/aromatic N) is 1. The summed E-state index contributed by atoms with van der Waals surface area (Å²) in [4.78, 5) is 11.7. The average molecular weight is 553 g/mol. The fourth-order valence-corrected chi connectivity index (χ4v) is 6.04. The number of hydrogen-bond donors (Lipinski definition) is 0. The standard InChI is InChI=1S/C19H15F3INO3S2/c1-2-29(26,27)24(10-12-7-8-16(23)15(9-12)19(20,21)22)18-14(11-25)13-5-3-4-6-17(13)28-18/h3-9,11H,2,10H2,1H3. The molecule has 0 atom stereocenters. The molecule has 3 aromatic rings. The normalized spacial score (nSPS) is 12.3. The van der Waals surface area contributed by atoms with Gasteiger partial charge in [0.15, 0.2) is 6.29 Å². The lowest BCUT2D eigenvalue weighted by Crippen LogP contribution is -2.32. The molecule has 0 bridgehead atoms. The fraction of sp³-hybridized carbons (Fsp3) is 0.211. The van der Waals surface area contributed by atoms with Gasteiger partial charge in [-0.15, -0.1) is 11.3 Å². The van der Waals surface area contributed by atoms with Crippen molar-refractivity contribution in [3.63, 3.8) is 0 Å². The number of anilines is 1. The predicted molar refractivity (Wildman–Crippen MR) is 117 cm³/mol. The van der Waals surface area contributed by atoms with Gasteiger partial charge >= 0.3 is 6.18 Å². The van der Waals surface area contributed by atoms with E-state index in [2.05, 4.69) is 0 Å². The summed E-state index contributed by atoms with van der Waals surface area (Å²) in [6.45, 7) is 1.15. The number of sulfonamides is 1. The molecule has 4 nitrogen and oxygen atoms in total. The zero-order chi connectivity index (χ0) is 21.4. The van der Waals surface area contributed by atoms with E-state index in [9.17, 15) is 26.4 Å². The van der Waals surface area contributed by atoms with E-state index < -0.39 is 21.8 Å². The highest BCUT2D eigenvalue weighted by atomic mass is 127. The summed E-state index contributed by atoms with van der Waals surface area (Å²) in [6, 6.07) is 10.7. The summed E-state index contributed by atoms with van der Waals surface area (Å²) in [6.07, 6.45) is -3.96. The SMILES string of the molecule is CCS(=O)(=O)N(Cc1ccc(I)c(C(F)(F)F)c1)c1sc2ccccc2c1C=O. The van der Waals surface area contributed by atoms with Gasteiger partial charge in [-0.3, -0.25) is 9.10 Å². The Labute approximate surface area is 183 Å². The molecule has 3 rings (SSSR count). The van der Waals surface area contributed by atoms with Gasteiger partial charge in [0.2, 0.25) is 10.0 Å². The molecule has 1 aromatic heterocycles. The van der Waals surface area contributed by atoms with Gasteiger partial charge in [0, 0.05) is 13.7 Å². The molecular formula is C19H15F3INO3S2. The number of aldehydes is 1. The van der Waals surface area contributed by atoms with Gasteiger partial charge in [0.25, 0.3) is 0 Å². The molecule has 0 saturated carbocycles. The maximum absolute atomic E-state index is 13.3. The van der Waals surface area contributed by atoms with Crippen LogP contribution in [0.15, 0.2) is 42.5 Å². The number of rotatable bonds is 6. The summed E-state index contributed by atoms with van der Waals surface area (Å²) < 4.78 is 67.2. The maximum atomic E-state index is 13.3. The molecule has 0 aliphatic carbocycles. The monoisotopic (exact) mass is 553 g/mol. The lowest BCUT2D eigenvalue weighted by atomic mass is 10.1. The number of hydrogen-bond acceptors (Lipinski definition) is 4. The largest absolute Gasteiger partial charge is 0.417 e. The van der Waals surface area contributed by atoms with Crippen LogP contribution >= 0.6 is 33.9 Å². The molecule has 1 heterocycles. The molecule has 0 saturated heterocycles. The van der Waals surface area contributed by atoms with Crippen molar-refractivity contribution in [2.75, 3.05) is 10.1 Å². The van der Waals surface area contributed by atoms with E-state index >= 15 is 0 Å². The molecule has 0 fully saturated rings. The first-order valence-electron chi connectivity index (χ1n) is 8.41. The van der Waals surface area contributed by atoms with E-state index in [-0.39, 0.29) is 32.0 Å². The van der Waals surface area contributed by atoms with Crippen molar-refractivity contribution in [3.05, 3.63) is 62.7 Å². The minimum Gasteiger partial charge on any atom is -0.298 e. The van der Waals surface area contributed by atoms with Crippen molar-refractivity contribution < 1.29 is 26.4 Å². The Morgan fingerprint density at radius 3 is 2.48 bits per heavy atom. The Kier molecular flexibility index (Phi) is 6.25. The van der Waals surface area contributed by atoms with Gasteiger partial charge in [-0.25, -0.2) is 8.42 Å². The molecule has 0 N–H and O–H groups in total. The minimum absolute atomic E-state index is 0.0270. The lowest BCUT2D eigenvalue weighted by molar-refractivity contribution is -0.138. The first kappa shape index (κ1) is 22.0. The predicted octanol–water partition coefficient (Wildman–Crippen LogP) is 5.69. The van der Waals surface area contributed by atoms with Crippen molar-refractivity contribution in [3.8, 4) is 0 Å². The number of benzene rings is 2. The molecule has 0 amide bonds. The Morgan fingerprint density at radius 2 is 1.86 bits per heavy atom. The van der Waals surface area contributed by atoms with Crippen LogP contribution < -0.4 is 4.31 Å². The van der Waals surface area contributed by atoms with Gasteiger partial charge < -0.3 is 0 Å². The van der Waals surface area contributed by atoms with Crippen molar-refractivity contribution in [2.24, 2.45) is 0 Å². The summed E-state index contributed by atoms with van der Waals surface area (Å²) in [5.41, 5.74) is -0.426. The molecule has 29 heavy (non-hydrogen) atoms. The summed E-state index contributed by atoms with van der Waals surface area (Å²) in [5, 5.41) is 0.813. The zero-order valence-corrected chi connectivity index (χ0v) is 18.8. The highest BCUT2D eigenvalue weighted by Gasteiger charge is 2.34. The third-order valence-electron chi connectivity index (χ3n) is 4.32. The van der Waals surface area contributed by atoms with E-state index in [1.807, 2.05) is 0 Å². The van der Waals surface area contributed by atoms with Crippen LogP contribution in [-0.2, 0) is 22.7 Å². The van der Waals surface area contributed by atoms with Crippen LogP contribution in [0.2, 0.25) is 0 Å². The Hall–Kier alpha value is -1.66. The molecule has 0 spiro atoms. The molecule has 2 aromatic carbocycles. The third-order valence-corrected chi connectivity index (χ3v) is 8.30. The first-order chi connectivity index (χ1) is 13.6. The van der Waals surface area contributed by atoms with Crippen LogP contribution in [0.4, 0.5) is 18.2 Å². The van der Waals surface area contributed by atoms with Gasteiger partial charge in [-0.1, -0.05) is 24.3 Å². The summed E-state index contributed by atoms with van der Waals surface area (Å²) in [5.74, 6) is -0.254. The maximum Gasteiger partial charge on any atom is 0.417 e. The van der Waals surface area contributed by atoms with E-state index in [0.717, 1.165) is 26.4 Å². The topological polar surface area (TPSA) is 54.5 Å². The van der Waals surface area contributed by atoms with E-state index in [1.165, 1.54) is 19.1 Å². The number of alkyl halides is 3. The lowest BCUT2D eigenvalue weighted by Gasteiger charge is -2.23. The van der Waals surface area contributed by atoms with Crippen LogP contribution in [0.5, 0.6) is 0 Å². The van der Waals surface area contributed by atoms with Crippen molar-refractivity contribution in [2.45, 2.75) is 19.6 Å². The van der Waals surface area contributed by atoms with Crippen molar-refractivity contribution in [1.82, 2.24) is 0 Å². The summed E-state index contributed by atoms with van der Waals surface area (Å²) >= 11 is 2.72. The van der Waals surface area contributed by atoms with Crippen molar-refractivity contribution in [1.29, 1.82) is 0 Å². The second-order valence-electron chi connectivity index (χ2n) is 6.15. The van der Waals surface area contributed by atoms with Crippen LogP contribution in [0.25, 0.3) is 10.1 Å². The van der Waals surface area contributed by atoms with E-state index in [1.54, 1.807) is 46.9 Å².